The number of hydrogen-bond donors (Lipinski definition) is 1. The van der Waals surface area contributed by atoms with Crippen LogP contribution in [-0.2, 0) is 34.4 Å². The topological polar surface area (TPSA) is 113 Å². The first-order valence-electron chi connectivity index (χ1n) is 13.1. The van der Waals surface area contributed by atoms with Gasteiger partial charge in [0.05, 0.1) is 30.0 Å². The molecular formula is C30H35N3O6S. The SMILES string of the molecule is CCOCc1cc(COc2cc(CC)nc(C)c2OC)ccc1-c1ccccc1S(=O)(=O)Nc1onc(C)c1C. The Morgan fingerprint density at radius 1 is 0.950 bits per heavy atom. The Morgan fingerprint density at radius 2 is 1.73 bits per heavy atom. The third kappa shape index (κ3) is 6.29. The molecule has 2 heterocycles. The first-order chi connectivity index (χ1) is 19.2. The van der Waals surface area contributed by atoms with Gasteiger partial charge in [0.2, 0.25) is 5.88 Å². The molecule has 0 aliphatic carbocycles. The van der Waals surface area contributed by atoms with Crippen LogP contribution in [0.1, 0.15) is 47.6 Å². The lowest BCUT2D eigenvalue weighted by Gasteiger charge is -2.17. The average Bonchev–Trinajstić information content (AvgIpc) is 3.26. The summed E-state index contributed by atoms with van der Waals surface area (Å²) in [6, 6.07) is 14.6. The third-order valence-electron chi connectivity index (χ3n) is 6.60. The molecule has 0 unspecified atom stereocenters. The average molecular weight is 566 g/mol. The fourth-order valence-corrected chi connectivity index (χ4v) is 5.60. The second-order valence-electron chi connectivity index (χ2n) is 9.33. The highest BCUT2D eigenvalue weighted by Crippen LogP contribution is 2.34. The number of ether oxygens (including phenoxy) is 3. The van der Waals surface area contributed by atoms with Crippen LogP contribution in [0, 0.1) is 20.8 Å². The number of aromatic nitrogens is 2. The Bertz CT molecular complexity index is 1600. The third-order valence-corrected chi connectivity index (χ3v) is 7.99. The number of benzene rings is 2. The summed E-state index contributed by atoms with van der Waals surface area (Å²) in [5.74, 6) is 1.33. The molecule has 0 bridgehead atoms. The van der Waals surface area contributed by atoms with E-state index in [0.717, 1.165) is 34.5 Å². The molecule has 0 aliphatic heterocycles. The zero-order chi connectivity index (χ0) is 28.9. The number of rotatable bonds is 12. The largest absolute Gasteiger partial charge is 0.491 e. The maximum absolute atomic E-state index is 13.5. The number of nitrogens with one attached hydrogen (secondary N) is 1. The van der Waals surface area contributed by atoms with Gasteiger partial charge in [-0.1, -0.05) is 42.4 Å². The smallest absolute Gasteiger partial charge is 0.264 e. The summed E-state index contributed by atoms with van der Waals surface area (Å²) in [5, 5.41) is 3.86. The van der Waals surface area contributed by atoms with Gasteiger partial charge >= 0.3 is 0 Å². The molecule has 2 aromatic carbocycles. The van der Waals surface area contributed by atoms with Crippen molar-refractivity contribution in [2.75, 3.05) is 18.4 Å². The summed E-state index contributed by atoms with van der Waals surface area (Å²) < 4.78 is 52.2. The minimum Gasteiger partial charge on any atom is -0.491 e. The number of pyridine rings is 1. The summed E-state index contributed by atoms with van der Waals surface area (Å²) in [6.45, 7) is 10.5. The second-order valence-corrected chi connectivity index (χ2v) is 11.0. The zero-order valence-corrected chi connectivity index (χ0v) is 24.5. The molecule has 0 spiro atoms. The van der Waals surface area contributed by atoms with Crippen molar-refractivity contribution < 1.29 is 27.2 Å². The Morgan fingerprint density at radius 3 is 2.40 bits per heavy atom. The van der Waals surface area contributed by atoms with E-state index >= 15 is 0 Å². The molecule has 0 radical (unpaired) electrons. The minimum atomic E-state index is -3.98. The van der Waals surface area contributed by atoms with Crippen LogP contribution >= 0.6 is 0 Å². The maximum Gasteiger partial charge on any atom is 0.264 e. The summed E-state index contributed by atoms with van der Waals surface area (Å²) in [5.41, 5.74) is 5.97. The number of methoxy groups -OCH3 is 1. The van der Waals surface area contributed by atoms with Gasteiger partial charge in [-0.15, -0.1) is 0 Å². The molecule has 4 rings (SSSR count). The van der Waals surface area contributed by atoms with Gasteiger partial charge in [0.25, 0.3) is 10.0 Å². The van der Waals surface area contributed by atoms with Gasteiger partial charge in [-0.2, -0.15) is 0 Å². The van der Waals surface area contributed by atoms with Crippen molar-refractivity contribution in [3.05, 3.63) is 82.3 Å². The van der Waals surface area contributed by atoms with E-state index < -0.39 is 10.0 Å². The van der Waals surface area contributed by atoms with Crippen LogP contribution in [0.15, 0.2) is 57.9 Å². The Balaban J connectivity index is 1.69. The second kappa shape index (κ2) is 12.5. The molecule has 40 heavy (non-hydrogen) atoms. The molecule has 2 aromatic heterocycles. The van der Waals surface area contributed by atoms with Crippen LogP contribution in [0.5, 0.6) is 11.5 Å². The van der Waals surface area contributed by atoms with Gasteiger partial charge in [0.1, 0.15) is 6.61 Å². The summed E-state index contributed by atoms with van der Waals surface area (Å²) in [6.07, 6.45) is 0.779. The van der Waals surface area contributed by atoms with Crippen molar-refractivity contribution in [3.8, 4) is 22.6 Å². The Kier molecular flexibility index (Phi) is 9.11. The predicted molar refractivity (Wildman–Crippen MR) is 153 cm³/mol. The first kappa shape index (κ1) is 29.1. The minimum absolute atomic E-state index is 0.0994. The molecule has 0 saturated carbocycles. The standard InChI is InChI=1S/C30H35N3O6S/c1-7-24-16-27(29(36-6)21(5)31-24)38-17-22-13-14-25(23(15-22)18-37-8-2)26-11-9-10-12-28(26)40(34,35)33-30-19(3)20(4)32-39-30/h9-16,33H,7-8,17-18H2,1-6H3. The fraction of sp³-hybridized carbons (Fsp3) is 0.333. The molecule has 0 aliphatic rings. The fourth-order valence-electron chi connectivity index (χ4n) is 4.33. The van der Waals surface area contributed by atoms with E-state index in [1.54, 1.807) is 39.2 Å². The van der Waals surface area contributed by atoms with E-state index in [1.165, 1.54) is 0 Å². The van der Waals surface area contributed by atoms with Crippen LogP contribution in [0.4, 0.5) is 5.88 Å². The highest BCUT2D eigenvalue weighted by molar-refractivity contribution is 7.92. The van der Waals surface area contributed by atoms with Crippen LogP contribution in [-0.4, -0.2) is 32.3 Å². The summed E-state index contributed by atoms with van der Waals surface area (Å²) in [4.78, 5) is 4.67. The molecular weight excluding hydrogens is 530 g/mol. The lowest BCUT2D eigenvalue weighted by atomic mass is 9.98. The number of sulfonamides is 1. The van der Waals surface area contributed by atoms with Gasteiger partial charge in [0.15, 0.2) is 11.5 Å². The van der Waals surface area contributed by atoms with Crippen LogP contribution in [0.2, 0.25) is 0 Å². The molecule has 0 saturated heterocycles. The lowest BCUT2D eigenvalue weighted by Crippen LogP contribution is -2.14. The van der Waals surface area contributed by atoms with E-state index in [0.29, 0.717) is 41.5 Å². The van der Waals surface area contributed by atoms with E-state index in [9.17, 15) is 8.42 Å². The first-order valence-corrected chi connectivity index (χ1v) is 14.6. The van der Waals surface area contributed by atoms with Gasteiger partial charge in [-0.25, -0.2) is 13.1 Å². The highest BCUT2D eigenvalue weighted by atomic mass is 32.2. The molecule has 4 aromatic rings. The van der Waals surface area contributed by atoms with Gasteiger partial charge in [-0.3, -0.25) is 4.98 Å². The van der Waals surface area contributed by atoms with E-state index in [2.05, 4.69) is 14.9 Å². The van der Waals surface area contributed by atoms with Crippen LogP contribution in [0.25, 0.3) is 11.1 Å². The monoisotopic (exact) mass is 565 g/mol. The van der Waals surface area contributed by atoms with E-state index in [4.69, 9.17) is 18.7 Å². The normalized spacial score (nSPS) is 11.4. The van der Waals surface area contributed by atoms with Crippen LogP contribution < -0.4 is 14.2 Å². The summed E-state index contributed by atoms with van der Waals surface area (Å²) >= 11 is 0. The molecule has 0 fully saturated rings. The Hall–Kier alpha value is -3.89. The predicted octanol–water partition coefficient (Wildman–Crippen LogP) is 6.15. The Labute approximate surface area is 235 Å². The molecule has 0 atom stereocenters. The number of nitrogens with zero attached hydrogens (tertiary/aromatic N) is 2. The van der Waals surface area contributed by atoms with Crippen molar-refractivity contribution in [1.82, 2.24) is 10.1 Å². The van der Waals surface area contributed by atoms with Crippen molar-refractivity contribution in [2.24, 2.45) is 0 Å². The number of anilines is 1. The van der Waals surface area contributed by atoms with E-state index in [1.807, 2.05) is 51.1 Å². The number of hydrogen-bond acceptors (Lipinski definition) is 8. The lowest BCUT2D eigenvalue weighted by molar-refractivity contribution is 0.134. The molecule has 0 amide bonds. The van der Waals surface area contributed by atoms with E-state index in [-0.39, 0.29) is 17.4 Å². The van der Waals surface area contributed by atoms with Crippen molar-refractivity contribution in [2.45, 2.75) is 59.1 Å². The molecule has 10 heteroatoms. The zero-order valence-electron chi connectivity index (χ0n) is 23.7. The van der Waals surface area contributed by atoms with Crippen molar-refractivity contribution in [1.29, 1.82) is 0 Å². The van der Waals surface area contributed by atoms with Gasteiger partial charge < -0.3 is 18.7 Å². The molecule has 1 N–H and O–H groups in total. The quantitative estimate of drug-likeness (QED) is 0.218. The van der Waals surface area contributed by atoms with Gasteiger partial charge in [0, 0.05) is 29.5 Å². The van der Waals surface area contributed by atoms with Gasteiger partial charge in [-0.05, 0) is 62.9 Å². The highest BCUT2D eigenvalue weighted by Gasteiger charge is 2.24. The number of aryl methyl sites for hydroxylation is 3. The molecule has 212 valence electrons. The molecule has 9 nitrogen and oxygen atoms in total. The maximum atomic E-state index is 13.5. The van der Waals surface area contributed by atoms with Crippen LogP contribution in [0.3, 0.4) is 0 Å². The summed E-state index contributed by atoms with van der Waals surface area (Å²) in [7, 11) is -2.38. The van der Waals surface area contributed by atoms with Crippen molar-refractivity contribution >= 4 is 15.9 Å². The van der Waals surface area contributed by atoms with Crippen molar-refractivity contribution in [3.63, 3.8) is 0 Å².